The van der Waals surface area contributed by atoms with E-state index < -0.39 is 6.04 Å². The quantitative estimate of drug-likeness (QED) is 0.452. The predicted octanol–water partition coefficient (Wildman–Crippen LogP) is 3.56. The Labute approximate surface area is 200 Å². The minimum absolute atomic E-state index is 0.0528. The molecule has 0 spiro atoms. The van der Waals surface area contributed by atoms with E-state index in [1.165, 1.54) is 4.90 Å². The van der Waals surface area contributed by atoms with Crippen LogP contribution in [-0.4, -0.2) is 58.3 Å². The molecule has 0 saturated carbocycles. The van der Waals surface area contributed by atoms with E-state index in [1.807, 2.05) is 65.6 Å². The number of carbonyl (C=O) groups excluding carboxylic acids is 2. The summed E-state index contributed by atoms with van der Waals surface area (Å²) in [4.78, 5) is 32.2. The van der Waals surface area contributed by atoms with E-state index in [4.69, 9.17) is 21.7 Å². The van der Waals surface area contributed by atoms with Gasteiger partial charge >= 0.3 is 6.03 Å². The van der Waals surface area contributed by atoms with E-state index in [9.17, 15) is 9.59 Å². The standard InChI is InChI=1S/C25H20N4O4S/c30-23-22-19-11-16(12-27(19)24(34)26-15-8-9-20-21(10-15)33-13-32-20)28(22)25(31)29(23)18-7-3-5-14-4-1-2-6-17(14)18/h1-10,16,19,22H,11-13H2,(H,26,34)/t16-,19?,22?/m1/s1. The number of ether oxygens (including phenoxy) is 2. The van der Waals surface area contributed by atoms with Crippen LogP contribution in [0.4, 0.5) is 16.2 Å². The highest BCUT2D eigenvalue weighted by Gasteiger charge is 2.62. The average molecular weight is 473 g/mol. The molecule has 4 aliphatic heterocycles. The number of likely N-dealkylation sites (tertiary alicyclic amines) is 1. The summed E-state index contributed by atoms with van der Waals surface area (Å²) in [6, 6.07) is 18.1. The Kier molecular flexibility index (Phi) is 4.08. The predicted molar refractivity (Wildman–Crippen MR) is 130 cm³/mol. The summed E-state index contributed by atoms with van der Waals surface area (Å²) >= 11 is 5.72. The molecule has 2 bridgehead atoms. The summed E-state index contributed by atoms with van der Waals surface area (Å²) in [6.45, 7) is 0.805. The summed E-state index contributed by atoms with van der Waals surface area (Å²) in [6.07, 6.45) is 0.731. The molecule has 9 heteroatoms. The number of imide groups is 1. The van der Waals surface area contributed by atoms with Crippen molar-refractivity contribution in [1.29, 1.82) is 0 Å². The third-order valence-corrected chi connectivity index (χ3v) is 7.49. The van der Waals surface area contributed by atoms with Crippen molar-refractivity contribution in [3.8, 4) is 11.5 Å². The van der Waals surface area contributed by atoms with E-state index in [-0.39, 0.29) is 30.8 Å². The number of carbonyl (C=O) groups is 2. The van der Waals surface area contributed by atoms with Crippen LogP contribution in [-0.2, 0) is 4.79 Å². The molecule has 3 atom stereocenters. The Morgan fingerprint density at radius 3 is 2.74 bits per heavy atom. The number of amides is 3. The Balaban J connectivity index is 1.16. The molecule has 4 aliphatic rings. The summed E-state index contributed by atoms with van der Waals surface area (Å²) in [7, 11) is 0. The molecule has 0 aliphatic carbocycles. The number of urea groups is 1. The molecule has 8 nitrogen and oxygen atoms in total. The lowest BCUT2D eigenvalue weighted by molar-refractivity contribution is -0.120. The summed E-state index contributed by atoms with van der Waals surface area (Å²) in [5, 5.41) is 5.68. The van der Waals surface area contributed by atoms with Crippen molar-refractivity contribution in [3.05, 3.63) is 60.7 Å². The largest absolute Gasteiger partial charge is 0.454 e. The van der Waals surface area contributed by atoms with Gasteiger partial charge in [-0.3, -0.25) is 4.79 Å². The summed E-state index contributed by atoms with van der Waals surface area (Å²) in [5.74, 6) is 1.18. The molecular weight excluding hydrogens is 452 g/mol. The van der Waals surface area contributed by atoms with Gasteiger partial charge in [0.2, 0.25) is 6.79 Å². The number of anilines is 2. The summed E-state index contributed by atoms with van der Waals surface area (Å²) in [5.41, 5.74) is 1.43. The molecule has 170 valence electrons. The van der Waals surface area contributed by atoms with Crippen molar-refractivity contribution in [2.75, 3.05) is 23.6 Å². The number of hydrogen-bond acceptors (Lipinski definition) is 5. The lowest BCUT2D eigenvalue weighted by Gasteiger charge is -2.36. The molecule has 3 amide bonds. The van der Waals surface area contributed by atoms with Crippen LogP contribution in [0.15, 0.2) is 60.7 Å². The second-order valence-electron chi connectivity index (χ2n) is 8.91. The number of piperazine rings is 1. The Hall–Kier alpha value is -3.85. The van der Waals surface area contributed by atoms with Crippen LogP contribution in [0, 0.1) is 0 Å². The third-order valence-electron chi connectivity index (χ3n) is 7.16. The maximum atomic E-state index is 13.6. The monoisotopic (exact) mass is 472 g/mol. The normalized spacial score (nSPS) is 24.4. The number of nitrogens with one attached hydrogen (secondary N) is 1. The van der Waals surface area contributed by atoms with Gasteiger partial charge in [-0.25, -0.2) is 9.69 Å². The Morgan fingerprint density at radius 2 is 1.82 bits per heavy atom. The Bertz CT molecular complexity index is 1390. The SMILES string of the molecule is O=C1C2C3C[C@H](CN3C(=S)Nc3ccc4c(c3)OCO4)N2C(=O)N1c1cccc2ccccc12. The first kappa shape index (κ1) is 19.6. The van der Waals surface area contributed by atoms with Gasteiger partial charge in [0.25, 0.3) is 5.91 Å². The zero-order valence-electron chi connectivity index (χ0n) is 18.0. The highest BCUT2D eigenvalue weighted by atomic mass is 32.1. The van der Waals surface area contributed by atoms with Crippen molar-refractivity contribution in [2.24, 2.45) is 0 Å². The molecule has 3 fully saturated rings. The van der Waals surface area contributed by atoms with E-state index >= 15 is 0 Å². The lowest BCUT2D eigenvalue weighted by atomic mass is 10.1. The van der Waals surface area contributed by atoms with E-state index in [1.54, 1.807) is 4.90 Å². The van der Waals surface area contributed by atoms with Crippen LogP contribution in [0.5, 0.6) is 11.5 Å². The fourth-order valence-corrected chi connectivity index (χ4v) is 6.01. The smallest absolute Gasteiger partial charge is 0.332 e. The van der Waals surface area contributed by atoms with Crippen LogP contribution in [0.25, 0.3) is 10.8 Å². The van der Waals surface area contributed by atoms with Gasteiger partial charge in [-0.15, -0.1) is 0 Å². The van der Waals surface area contributed by atoms with Crippen molar-refractivity contribution in [1.82, 2.24) is 9.80 Å². The molecule has 3 aromatic rings. The van der Waals surface area contributed by atoms with Crippen LogP contribution >= 0.6 is 12.2 Å². The van der Waals surface area contributed by atoms with E-state index in [0.717, 1.165) is 22.9 Å². The average Bonchev–Trinajstić information content (AvgIpc) is 3.62. The molecule has 7 rings (SSSR count). The maximum absolute atomic E-state index is 13.6. The fourth-order valence-electron chi connectivity index (χ4n) is 5.69. The van der Waals surface area contributed by atoms with Crippen molar-refractivity contribution in [3.63, 3.8) is 0 Å². The first-order valence-electron chi connectivity index (χ1n) is 11.2. The van der Waals surface area contributed by atoms with E-state index in [0.29, 0.717) is 28.8 Å². The Morgan fingerprint density at radius 1 is 1.00 bits per heavy atom. The second-order valence-corrected chi connectivity index (χ2v) is 9.30. The van der Waals surface area contributed by atoms with Gasteiger partial charge < -0.3 is 24.6 Å². The number of rotatable bonds is 2. The van der Waals surface area contributed by atoms with E-state index in [2.05, 4.69) is 5.32 Å². The highest BCUT2D eigenvalue weighted by Crippen LogP contribution is 2.44. The van der Waals surface area contributed by atoms with Crippen LogP contribution in [0.1, 0.15) is 6.42 Å². The number of benzene rings is 3. The zero-order valence-corrected chi connectivity index (χ0v) is 18.8. The number of thiocarbonyl (C=S) groups is 1. The number of hydrogen-bond donors (Lipinski definition) is 1. The highest BCUT2D eigenvalue weighted by molar-refractivity contribution is 7.80. The van der Waals surface area contributed by atoms with Gasteiger partial charge in [-0.2, -0.15) is 0 Å². The molecular formula is C25H20N4O4S. The molecule has 1 N–H and O–H groups in total. The molecule has 3 saturated heterocycles. The minimum Gasteiger partial charge on any atom is -0.454 e. The van der Waals surface area contributed by atoms with Gasteiger partial charge in [0.1, 0.15) is 6.04 Å². The van der Waals surface area contributed by atoms with Crippen LogP contribution in [0.3, 0.4) is 0 Å². The minimum atomic E-state index is -0.540. The van der Waals surface area contributed by atoms with Gasteiger partial charge in [0.15, 0.2) is 16.6 Å². The van der Waals surface area contributed by atoms with Crippen molar-refractivity contribution >= 4 is 51.4 Å². The lowest BCUT2D eigenvalue weighted by Crippen LogP contribution is -2.55. The maximum Gasteiger partial charge on any atom is 0.332 e. The zero-order chi connectivity index (χ0) is 23.0. The number of fused-ring (bicyclic) bond motifs is 7. The fraction of sp³-hybridized carbons (Fsp3) is 0.240. The van der Waals surface area contributed by atoms with Crippen LogP contribution in [0.2, 0.25) is 0 Å². The number of nitrogens with zero attached hydrogens (tertiary/aromatic N) is 3. The van der Waals surface area contributed by atoms with Gasteiger partial charge in [-0.05, 0) is 42.2 Å². The van der Waals surface area contributed by atoms with Gasteiger partial charge in [0, 0.05) is 23.7 Å². The van der Waals surface area contributed by atoms with Crippen LogP contribution < -0.4 is 19.7 Å². The molecule has 4 heterocycles. The van der Waals surface area contributed by atoms with Crippen molar-refractivity contribution in [2.45, 2.75) is 24.5 Å². The van der Waals surface area contributed by atoms with Gasteiger partial charge in [0.05, 0.1) is 17.8 Å². The molecule has 34 heavy (non-hydrogen) atoms. The topological polar surface area (TPSA) is 74.4 Å². The summed E-state index contributed by atoms with van der Waals surface area (Å²) < 4.78 is 10.8. The van der Waals surface area contributed by atoms with Crippen molar-refractivity contribution < 1.29 is 19.1 Å². The second kappa shape index (κ2) is 7.07. The molecule has 0 aromatic heterocycles. The third kappa shape index (κ3) is 2.67. The van der Waals surface area contributed by atoms with Gasteiger partial charge in [-0.1, -0.05) is 36.4 Å². The first-order chi connectivity index (χ1) is 16.6. The molecule has 0 radical (unpaired) electrons. The molecule has 2 unspecified atom stereocenters. The molecule has 3 aromatic carbocycles. The first-order valence-corrected chi connectivity index (χ1v) is 11.6.